The first-order chi connectivity index (χ1) is 9.65. The van der Waals surface area contributed by atoms with Crippen LogP contribution in [-0.4, -0.2) is 11.0 Å². The van der Waals surface area contributed by atoms with Crippen LogP contribution in [0, 0.1) is 0 Å². The maximum Gasteiger partial charge on any atom is 0.315 e. The van der Waals surface area contributed by atoms with Gasteiger partial charge in [-0.3, -0.25) is 4.98 Å². The second-order valence-corrected chi connectivity index (χ2v) is 5.38. The number of benzene rings is 1. The van der Waals surface area contributed by atoms with Crippen molar-refractivity contribution in [1.29, 1.82) is 0 Å². The maximum absolute atomic E-state index is 11.8. The van der Waals surface area contributed by atoms with Gasteiger partial charge in [-0.15, -0.1) is 0 Å². The highest BCUT2D eigenvalue weighted by atomic mass is 79.9. The predicted molar refractivity (Wildman–Crippen MR) is 82.2 cm³/mol. The van der Waals surface area contributed by atoms with Crippen LogP contribution in [0.15, 0.2) is 53.3 Å². The molecule has 1 aromatic heterocycles. The molecule has 1 atom stereocenters. The highest BCUT2D eigenvalue weighted by Crippen LogP contribution is 2.16. The molecule has 0 radical (unpaired) electrons. The number of halogens is 1. The number of amides is 2. The SMILES string of the molecule is CC(NC(=O)NCc1cccnc1)c1ccc(Br)cc1. The first-order valence-electron chi connectivity index (χ1n) is 6.34. The third-order valence-electron chi connectivity index (χ3n) is 2.89. The third-order valence-corrected chi connectivity index (χ3v) is 3.42. The van der Waals surface area contributed by atoms with Crippen molar-refractivity contribution in [2.75, 3.05) is 0 Å². The zero-order chi connectivity index (χ0) is 14.4. The van der Waals surface area contributed by atoms with E-state index < -0.39 is 0 Å². The molecule has 1 aromatic carbocycles. The molecular formula is C15H16BrN3O. The lowest BCUT2D eigenvalue weighted by atomic mass is 10.1. The van der Waals surface area contributed by atoms with Gasteiger partial charge in [-0.2, -0.15) is 0 Å². The minimum absolute atomic E-state index is 0.0444. The van der Waals surface area contributed by atoms with Crippen LogP contribution in [0.3, 0.4) is 0 Å². The second kappa shape index (κ2) is 7.05. The summed E-state index contributed by atoms with van der Waals surface area (Å²) in [5, 5.41) is 5.71. The number of nitrogens with zero attached hydrogens (tertiary/aromatic N) is 1. The van der Waals surface area contributed by atoms with Crippen LogP contribution in [0.1, 0.15) is 24.1 Å². The molecule has 2 N–H and O–H groups in total. The second-order valence-electron chi connectivity index (χ2n) is 4.46. The molecule has 0 fully saturated rings. The zero-order valence-corrected chi connectivity index (χ0v) is 12.7. The Morgan fingerprint density at radius 1 is 1.30 bits per heavy atom. The van der Waals surface area contributed by atoms with E-state index in [-0.39, 0.29) is 12.1 Å². The van der Waals surface area contributed by atoms with Crippen molar-refractivity contribution < 1.29 is 4.79 Å². The molecule has 1 heterocycles. The van der Waals surface area contributed by atoms with Gasteiger partial charge < -0.3 is 10.6 Å². The lowest BCUT2D eigenvalue weighted by molar-refractivity contribution is 0.237. The van der Waals surface area contributed by atoms with E-state index in [0.29, 0.717) is 6.54 Å². The van der Waals surface area contributed by atoms with Crippen LogP contribution in [-0.2, 0) is 6.54 Å². The van der Waals surface area contributed by atoms with E-state index >= 15 is 0 Å². The molecule has 2 rings (SSSR count). The Kier molecular flexibility index (Phi) is 5.12. The summed E-state index contributed by atoms with van der Waals surface area (Å²) in [7, 11) is 0. The summed E-state index contributed by atoms with van der Waals surface area (Å²) >= 11 is 3.39. The van der Waals surface area contributed by atoms with Crippen LogP contribution < -0.4 is 10.6 Å². The van der Waals surface area contributed by atoms with Crippen molar-refractivity contribution in [1.82, 2.24) is 15.6 Å². The number of nitrogens with one attached hydrogen (secondary N) is 2. The topological polar surface area (TPSA) is 54.0 Å². The quantitative estimate of drug-likeness (QED) is 0.900. The van der Waals surface area contributed by atoms with E-state index in [0.717, 1.165) is 15.6 Å². The molecule has 0 saturated carbocycles. The molecule has 0 bridgehead atoms. The predicted octanol–water partition coefficient (Wildman–Crippen LogP) is 3.40. The lowest BCUT2D eigenvalue weighted by Gasteiger charge is -2.15. The van der Waals surface area contributed by atoms with Gasteiger partial charge in [0.05, 0.1) is 6.04 Å². The largest absolute Gasteiger partial charge is 0.334 e. The monoisotopic (exact) mass is 333 g/mol. The van der Waals surface area contributed by atoms with Crippen molar-refractivity contribution in [3.63, 3.8) is 0 Å². The Labute approximate surface area is 126 Å². The number of hydrogen-bond acceptors (Lipinski definition) is 2. The molecule has 2 aromatic rings. The number of carbonyl (C=O) groups excluding carboxylic acids is 1. The van der Waals surface area contributed by atoms with E-state index in [1.54, 1.807) is 12.4 Å². The van der Waals surface area contributed by atoms with E-state index in [1.807, 2.05) is 43.3 Å². The Morgan fingerprint density at radius 2 is 2.05 bits per heavy atom. The fraction of sp³-hybridized carbons (Fsp3) is 0.200. The smallest absolute Gasteiger partial charge is 0.315 e. The van der Waals surface area contributed by atoms with Crippen molar-refractivity contribution >= 4 is 22.0 Å². The molecule has 5 heteroatoms. The molecular weight excluding hydrogens is 318 g/mol. The summed E-state index contributed by atoms with van der Waals surface area (Å²) in [5.74, 6) is 0. The summed E-state index contributed by atoms with van der Waals surface area (Å²) in [6, 6.07) is 11.4. The van der Waals surface area contributed by atoms with Crippen molar-refractivity contribution in [3.05, 3.63) is 64.4 Å². The number of aromatic nitrogens is 1. The highest BCUT2D eigenvalue weighted by molar-refractivity contribution is 9.10. The minimum Gasteiger partial charge on any atom is -0.334 e. The molecule has 0 aliphatic rings. The van der Waals surface area contributed by atoms with Gasteiger partial charge in [-0.1, -0.05) is 34.1 Å². The molecule has 0 aliphatic carbocycles. The fourth-order valence-corrected chi connectivity index (χ4v) is 2.03. The molecule has 0 spiro atoms. The Morgan fingerprint density at radius 3 is 2.70 bits per heavy atom. The number of carbonyl (C=O) groups is 1. The van der Waals surface area contributed by atoms with Gasteiger partial charge in [-0.25, -0.2) is 4.79 Å². The minimum atomic E-state index is -0.190. The number of pyridine rings is 1. The van der Waals surface area contributed by atoms with Crippen LogP contribution >= 0.6 is 15.9 Å². The molecule has 0 aliphatic heterocycles. The van der Waals surface area contributed by atoms with Crippen LogP contribution in [0.4, 0.5) is 4.79 Å². The van der Waals surface area contributed by atoms with Gasteiger partial charge in [0.1, 0.15) is 0 Å². The van der Waals surface area contributed by atoms with Gasteiger partial charge in [0.2, 0.25) is 0 Å². The summed E-state index contributed by atoms with van der Waals surface area (Å²) in [5.41, 5.74) is 2.03. The molecule has 104 valence electrons. The van der Waals surface area contributed by atoms with E-state index in [1.165, 1.54) is 0 Å². The third kappa shape index (κ3) is 4.35. The Hall–Kier alpha value is -1.88. The Bertz CT molecular complexity index is 557. The van der Waals surface area contributed by atoms with Gasteiger partial charge in [0.25, 0.3) is 0 Å². The summed E-state index contributed by atoms with van der Waals surface area (Å²) < 4.78 is 1.02. The van der Waals surface area contributed by atoms with Crippen LogP contribution in [0.5, 0.6) is 0 Å². The van der Waals surface area contributed by atoms with Gasteiger partial charge in [0.15, 0.2) is 0 Å². The molecule has 4 nitrogen and oxygen atoms in total. The van der Waals surface area contributed by atoms with Crippen LogP contribution in [0.2, 0.25) is 0 Å². The van der Waals surface area contributed by atoms with Gasteiger partial charge >= 0.3 is 6.03 Å². The molecule has 2 amide bonds. The van der Waals surface area contributed by atoms with Gasteiger partial charge in [0, 0.05) is 23.4 Å². The van der Waals surface area contributed by atoms with E-state index in [2.05, 4.69) is 31.5 Å². The first-order valence-corrected chi connectivity index (χ1v) is 7.13. The highest BCUT2D eigenvalue weighted by Gasteiger charge is 2.08. The average molecular weight is 334 g/mol. The normalized spacial score (nSPS) is 11.7. The van der Waals surface area contributed by atoms with Crippen LogP contribution in [0.25, 0.3) is 0 Å². The summed E-state index contributed by atoms with van der Waals surface area (Å²) in [4.78, 5) is 15.8. The van der Waals surface area contributed by atoms with E-state index in [9.17, 15) is 4.79 Å². The first kappa shape index (κ1) is 14.5. The van der Waals surface area contributed by atoms with Crippen molar-refractivity contribution in [2.24, 2.45) is 0 Å². The maximum atomic E-state index is 11.8. The van der Waals surface area contributed by atoms with Gasteiger partial charge in [-0.05, 0) is 36.2 Å². The summed E-state index contributed by atoms with van der Waals surface area (Å²) in [6.07, 6.45) is 3.44. The summed E-state index contributed by atoms with van der Waals surface area (Å²) in [6.45, 7) is 2.42. The number of hydrogen-bond donors (Lipinski definition) is 2. The van der Waals surface area contributed by atoms with E-state index in [4.69, 9.17) is 0 Å². The lowest BCUT2D eigenvalue weighted by Crippen LogP contribution is -2.36. The van der Waals surface area contributed by atoms with Crippen molar-refractivity contribution in [3.8, 4) is 0 Å². The average Bonchev–Trinajstić information content (AvgIpc) is 2.47. The Balaban J connectivity index is 1.83. The number of rotatable bonds is 4. The van der Waals surface area contributed by atoms with Crippen molar-refractivity contribution in [2.45, 2.75) is 19.5 Å². The standard InChI is InChI=1S/C15H16BrN3O/c1-11(13-4-6-14(16)7-5-13)19-15(20)18-10-12-3-2-8-17-9-12/h2-9,11H,10H2,1H3,(H2,18,19,20). The number of urea groups is 1. The fourth-order valence-electron chi connectivity index (χ4n) is 1.77. The zero-order valence-electron chi connectivity index (χ0n) is 11.1. The molecule has 1 unspecified atom stereocenters. The molecule has 0 saturated heterocycles. The molecule has 20 heavy (non-hydrogen) atoms.